The van der Waals surface area contributed by atoms with Crippen molar-refractivity contribution in [3.8, 4) is 12.3 Å². The maximum Gasteiger partial charge on any atom is 0.232 e. The molecule has 0 saturated carbocycles. The van der Waals surface area contributed by atoms with E-state index < -0.39 is 0 Å². The van der Waals surface area contributed by atoms with E-state index in [1.165, 1.54) is 0 Å². The Hall–Kier alpha value is -0.660. The van der Waals surface area contributed by atoms with Crippen molar-refractivity contribution in [3.63, 3.8) is 0 Å². The van der Waals surface area contributed by atoms with E-state index in [0.717, 1.165) is 12.3 Å². The molecule has 1 amide bonds. The lowest BCUT2D eigenvalue weighted by Gasteiger charge is -2.09. The molecule has 1 unspecified atom stereocenters. The number of nitrogens with one attached hydrogen (secondary N) is 2. The maximum atomic E-state index is 10.9. The van der Waals surface area contributed by atoms with Crippen molar-refractivity contribution in [2.24, 2.45) is 0 Å². The van der Waals surface area contributed by atoms with Gasteiger partial charge in [0.05, 0.1) is 11.8 Å². The van der Waals surface area contributed by atoms with E-state index in [9.17, 15) is 4.79 Å². The van der Waals surface area contributed by atoms with Crippen LogP contribution < -0.4 is 10.6 Å². The number of rotatable bonds is 3. The maximum absolute atomic E-state index is 10.9. The average molecular weight is 184 g/mol. The Morgan fingerprint density at radius 3 is 3.25 bits per heavy atom. The monoisotopic (exact) mass is 184 g/mol. The second-order valence-corrected chi connectivity index (χ2v) is 3.81. The van der Waals surface area contributed by atoms with Gasteiger partial charge in [0.2, 0.25) is 5.91 Å². The molecule has 0 aliphatic carbocycles. The molecule has 0 spiro atoms. The lowest BCUT2D eigenvalue weighted by molar-refractivity contribution is -0.120. The van der Waals surface area contributed by atoms with Crippen LogP contribution in [0.1, 0.15) is 6.42 Å². The number of thioether (sulfide) groups is 1. The van der Waals surface area contributed by atoms with Gasteiger partial charge in [-0.2, -0.15) is 0 Å². The number of amides is 1. The number of carbonyl (C=O) groups is 1. The van der Waals surface area contributed by atoms with Crippen molar-refractivity contribution in [1.82, 2.24) is 10.6 Å². The predicted molar refractivity (Wildman–Crippen MR) is 50.7 cm³/mol. The zero-order valence-corrected chi connectivity index (χ0v) is 7.62. The van der Waals surface area contributed by atoms with Crippen LogP contribution in [-0.4, -0.2) is 30.1 Å². The first-order valence-corrected chi connectivity index (χ1v) is 4.93. The van der Waals surface area contributed by atoms with Crippen LogP contribution >= 0.6 is 11.8 Å². The SMILES string of the molecule is C#CCC(=O)NCC1NCCS1. The van der Waals surface area contributed by atoms with Gasteiger partial charge in [0.25, 0.3) is 0 Å². The summed E-state index contributed by atoms with van der Waals surface area (Å²) >= 11 is 1.82. The van der Waals surface area contributed by atoms with Crippen LogP contribution in [0.4, 0.5) is 0 Å². The van der Waals surface area contributed by atoms with E-state index in [4.69, 9.17) is 6.42 Å². The van der Waals surface area contributed by atoms with Gasteiger partial charge in [0, 0.05) is 18.8 Å². The first kappa shape index (κ1) is 9.43. The second-order valence-electron chi connectivity index (χ2n) is 2.50. The molecule has 3 nitrogen and oxygen atoms in total. The smallest absolute Gasteiger partial charge is 0.232 e. The molecule has 12 heavy (non-hydrogen) atoms. The first-order valence-electron chi connectivity index (χ1n) is 3.88. The molecule has 0 bridgehead atoms. The summed E-state index contributed by atoms with van der Waals surface area (Å²) in [5.41, 5.74) is 0. The van der Waals surface area contributed by atoms with Gasteiger partial charge >= 0.3 is 0 Å². The summed E-state index contributed by atoms with van der Waals surface area (Å²) in [6.45, 7) is 1.70. The van der Waals surface area contributed by atoms with E-state index in [2.05, 4.69) is 16.6 Å². The molecule has 0 radical (unpaired) electrons. The van der Waals surface area contributed by atoms with Gasteiger partial charge in [-0.3, -0.25) is 4.79 Å². The molecule has 66 valence electrons. The quantitative estimate of drug-likeness (QED) is 0.596. The topological polar surface area (TPSA) is 41.1 Å². The van der Waals surface area contributed by atoms with Crippen molar-refractivity contribution in [1.29, 1.82) is 0 Å². The van der Waals surface area contributed by atoms with Crippen LogP contribution in [0, 0.1) is 12.3 Å². The average Bonchev–Trinajstić information content (AvgIpc) is 2.53. The fourth-order valence-electron chi connectivity index (χ4n) is 0.973. The zero-order chi connectivity index (χ0) is 8.81. The van der Waals surface area contributed by atoms with Crippen LogP contribution in [0.15, 0.2) is 0 Å². The molecular formula is C8H12N2OS. The van der Waals surface area contributed by atoms with Gasteiger partial charge in [-0.15, -0.1) is 18.2 Å². The highest BCUT2D eigenvalue weighted by Crippen LogP contribution is 2.11. The molecule has 0 aromatic rings. The van der Waals surface area contributed by atoms with Crippen molar-refractivity contribution in [2.75, 3.05) is 18.8 Å². The Balaban J connectivity index is 2.08. The van der Waals surface area contributed by atoms with Crippen LogP contribution in [-0.2, 0) is 4.79 Å². The van der Waals surface area contributed by atoms with E-state index in [1.54, 1.807) is 0 Å². The van der Waals surface area contributed by atoms with Gasteiger partial charge in [-0.05, 0) is 0 Å². The second kappa shape index (κ2) is 5.07. The molecule has 1 aliphatic heterocycles. The molecule has 2 N–H and O–H groups in total. The standard InChI is InChI=1S/C8H12N2OS/c1-2-3-7(11)10-6-8-9-4-5-12-8/h1,8-9H,3-6H2,(H,10,11). The summed E-state index contributed by atoms with van der Waals surface area (Å²) in [4.78, 5) is 10.9. The fourth-order valence-corrected chi connectivity index (χ4v) is 1.93. The van der Waals surface area contributed by atoms with Gasteiger partial charge in [0.15, 0.2) is 0 Å². The number of carbonyl (C=O) groups excluding carboxylic acids is 1. The summed E-state index contributed by atoms with van der Waals surface area (Å²) in [5.74, 6) is 3.36. The molecule has 1 aliphatic rings. The zero-order valence-electron chi connectivity index (χ0n) is 6.80. The third-order valence-corrected chi connectivity index (χ3v) is 2.72. The molecule has 1 rings (SSSR count). The minimum Gasteiger partial charge on any atom is -0.353 e. The van der Waals surface area contributed by atoms with Crippen molar-refractivity contribution >= 4 is 17.7 Å². The number of terminal acetylenes is 1. The highest BCUT2D eigenvalue weighted by atomic mass is 32.2. The Morgan fingerprint density at radius 2 is 2.67 bits per heavy atom. The van der Waals surface area contributed by atoms with Gasteiger partial charge in [-0.1, -0.05) is 5.92 Å². The van der Waals surface area contributed by atoms with Gasteiger partial charge in [0.1, 0.15) is 0 Å². The minimum absolute atomic E-state index is 0.0631. The van der Waals surface area contributed by atoms with E-state index >= 15 is 0 Å². The van der Waals surface area contributed by atoms with Crippen molar-refractivity contribution in [3.05, 3.63) is 0 Å². The normalized spacial score (nSPS) is 21.8. The number of hydrogen-bond acceptors (Lipinski definition) is 3. The Labute approximate surface area is 76.7 Å². The van der Waals surface area contributed by atoms with Crippen LogP contribution in [0.5, 0.6) is 0 Å². The van der Waals surface area contributed by atoms with E-state index in [-0.39, 0.29) is 12.3 Å². The number of hydrogen-bond donors (Lipinski definition) is 2. The first-order chi connectivity index (χ1) is 5.83. The molecule has 1 atom stereocenters. The molecule has 1 heterocycles. The van der Waals surface area contributed by atoms with Crippen molar-refractivity contribution < 1.29 is 4.79 Å². The molecule has 1 fully saturated rings. The minimum atomic E-state index is -0.0631. The third-order valence-electron chi connectivity index (χ3n) is 1.54. The lowest BCUT2D eigenvalue weighted by Crippen LogP contribution is -2.35. The summed E-state index contributed by atoms with van der Waals surface area (Å²) in [6, 6.07) is 0. The highest BCUT2D eigenvalue weighted by molar-refractivity contribution is 8.00. The molecule has 4 heteroatoms. The van der Waals surface area contributed by atoms with Crippen molar-refractivity contribution in [2.45, 2.75) is 11.8 Å². The van der Waals surface area contributed by atoms with E-state index in [0.29, 0.717) is 11.9 Å². The Morgan fingerprint density at radius 1 is 1.83 bits per heavy atom. The van der Waals surface area contributed by atoms with Crippen LogP contribution in [0.25, 0.3) is 0 Å². The highest BCUT2D eigenvalue weighted by Gasteiger charge is 2.14. The molecule has 0 aromatic carbocycles. The molecule has 1 saturated heterocycles. The summed E-state index contributed by atoms with van der Waals surface area (Å²) in [6.07, 6.45) is 5.16. The van der Waals surface area contributed by atoms with Crippen LogP contribution in [0.2, 0.25) is 0 Å². The predicted octanol–water partition coefficient (Wildman–Crippen LogP) is -0.212. The molecular weight excluding hydrogens is 172 g/mol. The Bertz CT molecular complexity index is 194. The largest absolute Gasteiger partial charge is 0.353 e. The van der Waals surface area contributed by atoms with E-state index in [1.807, 2.05) is 11.8 Å². The summed E-state index contributed by atoms with van der Waals surface area (Å²) in [7, 11) is 0. The summed E-state index contributed by atoms with van der Waals surface area (Å²) < 4.78 is 0. The fraction of sp³-hybridized carbons (Fsp3) is 0.625. The third kappa shape index (κ3) is 3.16. The van der Waals surface area contributed by atoms with Crippen LogP contribution in [0.3, 0.4) is 0 Å². The van der Waals surface area contributed by atoms with Gasteiger partial charge < -0.3 is 10.6 Å². The lowest BCUT2D eigenvalue weighted by atomic mass is 10.4. The molecule has 0 aromatic heterocycles. The Kier molecular flexibility index (Phi) is 3.98. The van der Waals surface area contributed by atoms with Gasteiger partial charge in [-0.25, -0.2) is 0 Å². The summed E-state index contributed by atoms with van der Waals surface area (Å²) in [5, 5.41) is 6.38.